The predicted molar refractivity (Wildman–Crippen MR) is 79.2 cm³/mol. The molecule has 0 heterocycles. The van der Waals surface area contributed by atoms with Crippen LogP contribution in [-0.4, -0.2) is 43.0 Å². The highest BCUT2D eigenvalue weighted by atomic mass is 16.5. The van der Waals surface area contributed by atoms with Crippen molar-refractivity contribution in [3.05, 3.63) is 29.8 Å². The summed E-state index contributed by atoms with van der Waals surface area (Å²) in [5.74, 6) is -0.0267. The van der Waals surface area contributed by atoms with Gasteiger partial charge in [0.1, 0.15) is 0 Å². The quantitative estimate of drug-likeness (QED) is 0.814. The fourth-order valence-electron chi connectivity index (χ4n) is 1.80. The van der Waals surface area contributed by atoms with E-state index in [0.717, 1.165) is 0 Å². The Labute approximate surface area is 119 Å². The van der Waals surface area contributed by atoms with Crippen LogP contribution < -0.4 is 5.32 Å². The number of Topliss-reactive ketones (excluding diaryl/α,β-unsaturated/α-hetero) is 1. The van der Waals surface area contributed by atoms with E-state index in [9.17, 15) is 9.59 Å². The van der Waals surface area contributed by atoms with Crippen molar-refractivity contribution in [2.45, 2.75) is 26.8 Å². The van der Waals surface area contributed by atoms with Crippen LogP contribution in [0.25, 0.3) is 0 Å². The third-order valence-corrected chi connectivity index (χ3v) is 2.94. The number of ketones is 1. The van der Waals surface area contributed by atoms with Gasteiger partial charge in [-0.15, -0.1) is 0 Å². The molecule has 0 saturated heterocycles. The molecule has 1 rings (SSSR count). The van der Waals surface area contributed by atoms with Gasteiger partial charge in [0.25, 0.3) is 0 Å². The van der Waals surface area contributed by atoms with Gasteiger partial charge in [0, 0.05) is 30.9 Å². The lowest BCUT2D eigenvalue weighted by molar-refractivity contribution is 0.101. The highest BCUT2D eigenvalue weighted by Gasteiger charge is 2.16. The van der Waals surface area contributed by atoms with Gasteiger partial charge in [0.2, 0.25) is 0 Å². The van der Waals surface area contributed by atoms with E-state index in [1.807, 2.05) is 13.8 Å². The summed E-state index contributed by atoms with van der Waals surface area (Å²) in [5, 5.41) is 2.81. The van der Waals surface area contributed by atoms with E-state index >= 15 is 0 Å². The largest absolute Gasteiger partial charge is 0.383 e. The Kier molecular flexibility index (Phi) is 6.18. The van der Waals surface area contributed by atoms with E-state index in [1.165, 1.54) is 6.92 Å². The second-order valence-corrected chi connectivity index (χ2v) is 4.85. The Morgan fingerprint density at radius 2 is 2.05 bits per heavy atom. The van der Waals surface area contributed by atoms with Crippen LogP contribution in [-0.2, 0) is 4.74 Å². The first-order valence-corrected chi connectivity index (χ1v) is 6.63. The number of hydrogen-bond acceptors (Lipinski definition) is 3. The minimum atomic E-state index is -0.197. The van der Waals surface area contributed by atoms with Gasteiger partial charge >= 0.3 is 6.03 Å². The molecule has 110 valence electrons. The number of benzene rings is 1. The molecule has 0 saturated carbocycles. The fraction of sp³-hybridized carbons (Fsp3) is 0.467. The fourth-order valence-corrected chi connectivity index (χ4v) is 1.80. The van der Waals surface area contributed by atoms with Crippen LogP contribution in [0.4, 0.5) is 10.5 Å². The Hall–Kier alpha value is -1.88. The smallest absolute Gasteiger partial charge is 0.322 e. The summed E-state index contributed by atoms with van der Waals surface area (Å²) in [7, 11) is 1.60. The van der Waals surface area contributed by atoms with Crippen molar-refractivity contribution in [2.75, 3.05) is 25.6 Å². The molecule has 0 aromatic heterocycles. The number of anilines is 1. The van der Waals surface area contributed by atoms with Crippen LogP contribution in [0.15, 0.2) is 24.3 Å². The van der Waals surface area contributed by atoms with Gasteiger partial charge in [0.05, 0.1) is 6.61 Å². The van der Waals surface area contributed by atoms with E-state index in [2.05, 4.69) is 5.32 Å². The van der Waals surface area contributed by atoms with Gasteiger partial charge in [-0.05, 0) is 32.9 Å². The van der Waals surface area contributed by atoms with E-state index < -0.39 is 0 Å². The number of carbonyl (C=O) groups is 2. The maximum Gasteiger partial charge on any atom is 0.322 e. The summed E-state index contributed by atoms with van der Waals surface area (Å²) < 4.78 is 5.01. The van der Waals surface area contributed by atoms with Crippen LogP contribution in [0.2, 0.25) is 0 Å². The molecular formula is C15H22N2O3. The highest BCUT2D eigenvalue weighted by Crippen LogP contribution is 2.12. The number of amides is 2. The van der Waals surface area contributed by atoms with Crippen LogP contribution >= 0.6 is 0 Å². The van der Waals surface area contributed by atoms with Gasteiger partial charge in [-0.25, -0.2) is 4.79 Å². The van der Waals surface area contributed by atoms with Crippen LogP contribution in [0.3, 0.4) is 0 Å². The number of rotatable bonds is 6. The van der Waals surface area contributed by atoms with Crippen LogP contribution in [0.1, 0.15) is 31.1 Å². The molecule has 0 aliphatic heterocycles. The predicted octanol–water partition coefficient (Wildman–Crippen LogP) is 2.78. The van der Waals surface area contributed by atoms with Crippen molar-refractivity contribution >= 4 is 17.5 Å². The number of ether oxygens (including phenoxy) is 1. The standard InChI is InChI=1S/C15H22N2O3/c1-11(2)17(8-9-20-4)15(19)16-14-7-5-6-13(10-14)12(3)18/h5-7,10-11H,8-9H2,1-4H3,(H,16,19). The molecule has 0 radical (unpaired) electrons. The van der Waals surface area contributed by atoms with E-state index in [-0.39, 0.29) is 17.9 Å². The second-order valence-electron chi connectivity index (χ2n) is 4.85. The minimum absolute atomic E-state index is 0.0267. The third-order valence-electron chi connectivity index (χ3n) is 2.94. The van der Waals surface area contributed by atoms with Crippen LogP contribution in [0, 0.1) is 0 Å². The zero-order valence-corrected chi connectivity index (χ0v) is 12.5. The number of methoxy groups -OCH3 is 1. The normalized spacial score (nSPS) is 10.4. The number of urea groups is 1. The monoisotopic (exact) mass is 278 g/mol. The molecule has 0 bridgehead atoms. The average molecular weight is 278 g/mol. The molecule has 0 atom stereocenters. The lowest BCUT2D eigenvalue weighted by atomic mass is 10.1. The molecule has 5 nitrogen and oxygen atoms in total. The van der Waals surface area contributed by atoms with E-state index in [1.54, 1.807) is 36.3 Å². The van der Waals surface area contributed by atoms with Crippen molar-refractivity contribution in [1.82, 2.24) is 4.90 Å². The Balaban J connectivity index is 2.77. The highest BCUT2D eigenvalue weighted by molar-refractivity contribution is 5.96. The summed E-state index contributed by atoms with van der Waals surface area (Å²) in [6.07, 6.45) is 0. The molecule has 20 heavy (non-hydrogen) atoms. The first-order chi connectivity index (χ1) is 9.45. The number of carbonyl (C=O) groups excluding carboxylic acids is 2. The first-order valence-electron chi connectivity index (χ1n) is 6.63. The molecule has 0 aliphatic carbocycles. The topological polar surface area (TPSA) is 58.6 Å². The summed E-state index contributed by atoms with van der Waals surface area (Å²) in [5.41, 5.74) is 1.20. The second kappa shape index (κ2) is 7.65. The zero-order chi connectivity index (χ0) is 15.1. The van der Waals surface area contributed by atoms with E-state index in [4.69, 9.17) is 4.74 Å². The van der Waals surface area contributed by atoms with Crippen molar-refractivity contribution in [2.24, 2.45) is 0 Å². The Bertz CT molecular complexity index is 472. The van der Waals surface area contributed by atoms with E-state index in [0.29, 0.717) is 24.4 Å². The van der Waals surface area contributed by atoms with Gasteiger partial charge in [-0.2, -0.15) is 0 Å². The summed E-state index contributed by atoms with van der Waals surface area (Å²) in [4.78, 5) is 25.2. The maximum absolute atomic E-state index is 12.2. The molecule has 0 aliphatic rings. The number of nitrogens with zero attached hydrogens (tertiary/aromatic N) is 1. The maximum atomic E-state index is 12.2. The minimum Gasteiger partial charge on any atom is -0.383 e. The van der Waals surface area contributed by atoms with Crippen LogP contribution in [0.5, 0.6) is 0 Å². The molecule has 2 amide bonds. The molecule has 0 unspecified atom stereocenters. The third kappa shape index (κ3) is 4.66. The number of hydrogen-bond donors (Lipinski definition) is 1. The summed E-state index contributed by atoms with van der Waals surface area (Å²) in [6, 6.07) is 6.79. The van der Waals surface area contributed by atoms with Crippen molar-refractivity contribution < 1.29 is 14.3 Å². The molecule has 1 aromatic rings. The molecule has 5 heteroatoms. The first kappa shape index (κ1) is 16.2. The van der Waals surface area contributed by atoms with Gasteiger partial charge in [0.15, 0.2) is 5.78 Å². The van der Waals surface area contributed by atoms with Crippen molar-refractivity contribution in [1.29, 1.82) is 0 Å². The van der Waals surface area contributed by atoms with Gasteiger partial charge in [-0.3, -0.25) is 4.79 Å². The Morgan fingerprint density at radius 3 is 2.60 bits per heavy atom. The molecule has 0 spiro atoms. The molecule has 1 N–H and O–H groups in total. The van der Waals surface area contributed by atoms with Crippen molar-refractivity contribution in [3.63, 3.8) is 0 Å². The summed E-state index contributed by atoms with van der Waals surface area (Å²) >= 11 is 0. The molecule has 1 aromatic carbocycles. The SMILES string of the molecule is COCCN(C(=O)Nc1cccc(C(C)=O)c1)C(C)C. The zero-order valence-electron chi connectivity index (χ0n) is 12.5. The van der Waals surface area contributed by atoms with Gasteiger partial charge < -0.3 is 15.0 Å². The molecular weight excluding hydrogens is 256 g/mol. The molecule has 0 fully saturated rings. The summed E-state index contributed by atoms with van der Waals surface area (Å²) in [6.45, 7) is 6.40. The average Bonchev–Trinajstić information content (AvgIpc) is 2.39. The lowest BCUT2D eigenvalue weighted by Crippen LogP contribution is -2.42. The van der Waals surface area contributed by atoms with Crippen molar-refractivity contribution in [3.8, 4) is 0 Å². The number of nitrogens with one attached hydrogen (secondary N) is 1. The lowest BCUT2D eigenvalue weighted by Gasteiger charge is -2.26. The van der Waals surface area contributed by atoms with Gasteiger partial charge in [-0.1, -0.05) is 12.1 Å². The Morgan fingerprint density at radius 1 is 1.35 bits per heavy atom.